The minimum absolute atomic E-state index is 0. The molecule has 0 saturated carbocycles. The Balaban J connectivity index is -0.0000000221. The van der Waals surface area contributed by atoms with Crippen LogP contribution in [0.5, 0.6) is 0 Å². The van der Waals surface area contributed by atoms with E-state index >= 15 is 0 Å². The van der Waals surface area contributed by atoms with Crippen molar-refractivity contribution < 1.29 is 34.2 Å². The van der Waals surface area contributed by atoms with Gasteiger partial charge >= 0.3 is 82.5 Å². The monoisotopic (exact) mass is 254 g/mol. The molecule has 0 aliphatic carbocycles. The molecular formula is CH12AlCaNaO7Si. The van der Waals surface area contributed by atoms with Crippen LogP contribution in [0.1, 0.15) is 0 Å². The molecule has 0 aromatic heterocycles. The van der Waals surface area contributed by atoms with Gasteiger partial charge in [-0.1, -0.05) is 0 Å². The van der Waals surface area contributed by atoms with Crippen molar-refractivity contribution in [3.8, 4) is 0 Å². The first-order valence-electron chi connectivity index (χ1n) is 1.55. The molecule has 0 bridgehead atoms. The molecule has 0 aliphatic rings. The van der Waals surface area contributed by atoms with E-state index in [2.05, 4.69) is 0 Å². The van der Waals surface area contributed by atoms with Crippen molar-refractivity contribution in [3.63, 3.8) is 0 Å². The van der Waals surface area contributed by atoms with E-state index in [9.17, 15) is 0 Å². The van der Waals surface area contributed by atoms with Gasteiger partial charge in [-0.3, -0.25) is 0 Å². The van der Waals surface area contributed by atoms with Crippen molar-refractivity contribution >= 4 is 99.9 Å². The molecule has 68 valence electrons. The summed E-state index contributed by atoms with van der Waals surface area (Å²) in [6.07, 6.45) is -1.83. The van der Waals surface area contributed by atoms with Gasteiger partial charge < -0.3 is 29.4 Å². The van der Waals surface area contributed by atoms with Crippen LogP contribution in [0, 0.1) is 0 Å². The van der Waals surface area contributed by atoms with Crippen molar-refractivity contribution in [2.45, 2.75) is 0 Å². The van der Waals surface area contributed by atoms with E-state index in [4.69, 9.17) is 34.2 Å². The molecule has 0 aromatic rings. The third-order valence-electron chi connectivity index (χ3n) is 0. The quantitative estimate of drug-likeness (QED) is 0.238. The molecule has 0 aliphatic heterocycles. The first kappa shape index (κ1) is 29.2. The summed E-state index contributed by atoms with van der Waals surface area (Å²) in [5, 5.41) is 13.9. The molecule has 7 nitrogen and oxygen atoms in total. The summed E-state index contributed by atoms with van der Waals surface area (Å²) < 4.78 is 0. The van der Waals surface area contributed by atoms with Crippen LogP contribution in [-0.4, -0.2) is 129 Å². The second kappa shape index (κ2) is 15.6. The van der Waals surface area contributed by atoms with Gasteiger partial charge in [0.1, 0.15) is 0 Å². The first-order valence-corrected chi connectivity index (χ1v) is 3.33. The summed E-state index contributed by atoms with van der Waals surface area (Å²) >= 11 is 0. The van der Waals surface area contributed by atoms with Crippen LogP contribution < -0.4 is 0 Å². The molecule has 0 saturated heterocycles. The van der Waals surface area contributed by atoms with E-state index < -0.39 is 15.2 Å². The molecule has 0 heterocycles. The summed E-state index contributed by atoms with van der Waals surface area (Å²) in [4.78, 5) is 37.9. The number of hydrogen-bond donors (Lipinski definition) is 6. The molecule has 0 spiro atoms. The number of carboxylic acid groups (broad SMARTS) is 2. The molecule has 0 unspecified atom stereocenters. The molecule has 0 aromatic carbocycles. The van der Waals surface area contributed by atoms with E-state index in [1.54, 1.807) is 0 Å². The fraction of sp³-hybridized carbons (Fsp3) is 0. The van der Waals surface area contributed by atoms with Gasteiger partial charge in [-0.25, -0.2) is 4.79 Å². The molecule has 0 rings (SSSR count). The average molecular weight is 254 g/mol. The summed E-state index contributed by atoms with van der Waals surface area (Å²) in [5.41, 5.74) is 0. The van der Waals surface area contributed by atoms with Gasteiger partial charge in [-0.05, 0) is 0 Å². The Hall–Kier alpha value is 2.12. The maximum atomic E-state index is 8.56. The van der Waals surface area contributed by atoms with Crippen molar-refractivity contribution in [2.75, 3.05) is 0 Å². The Kier molecular flexibility index (Phi) is 38.0. The second-order valence-electron chi connectivity index (χ2n) is 0.883. The van der Waals surface area contributed by atoms with Gasteiger partial charge in [0.25, 0.3) is 0 Å². The standard InChI is InChI=1S/CH2O3.Al.Ca.Na.H4O4Si.6H/c2-1(3)4;;;;1-5(2,3)4;;;;;;/h(H2,2,3,4);;;;1-4H;;;;;;. The van der Waals surface area contributed by atoms with Gasteiger partial charge in [-0.15, -0.1) is 0 Å². The maximum absolute atomic E-state index is 8.56. The van der Waals surface area contributed by atoms with Gasteiger partial charge in [0.05, 0.1) is 0 Å². The second-order valence-corrected chi connectivity index (χ2v) is 2.08. The predicted octanol–water partition coefficient (Wildman–Crippen LogP) is -5.13. The van der Waals surface area contributed by atoms with Crippen molar-refractivity contribution in [1.29, 1.82) is 0 Å². The number of rotatable bonds is 0. The van der Waals surface area contributed by atoms with Crippen LogP contribution in [0.25, 0.3) is 0 Å². The van der Waals surface area contributed by atoms with E-state index in [0.29, 0.717) is 0 Å². The Morgan fingerprint density at radius 1 is 1.00 bits per heavy atom. The van der Waals surface area contributed by atoms with E-state index in [1.165, 1.54) is 0 Å². The van der Waals surface area contributed by atoms with Crippen LogP contribution in [0.2, 0.25) is 0 Å². The summed E-state index contributed by atoms with van der Waals surface area (Å²) in [6.45, 7) is 0. The van der Waals surface area contributed by atoms with Crippen LogP contribution in [0.4, 0.5) is 4.79 Å². The SMILES string of the molecule is O=C(O)O.O[Si](O)(O)O.[AlH3].[CaH2].[NaH]. The van der Waals surface area contributed by atoms with Gasteiger partial charge in [0.2, 0.25) is 0 Å². The molecule has 6 N–H and O–H groups in total. The zero-order valence-corrected chi connectivity index (χ0v) is 5.09. The fourth-order valence-corrected chi connectivity index (χ4v) is 0. The topological polar surface area (TPSA) is 138 Å². The van der Waals surface area contributed by atoms with Crippen LogP contribution >= 0.6 is 0 Å². The average Bonchev–Trinajstić information content (AvgIpc) is 1.19. The summed E-state index contributed by atoms with van der Waals surface area (Å²) in [7, 11) is -4.61. The van der Waals surface area contributed by atoms with Crippen molar-refractivity contribution in [3.05, 3.63) is 0 Å². The van der Waals surface area contributed by atoms with E-state index in [1.807, 2.05) is 0 Å². The normalized spacial score (nSPS) is 7.00. The van der Waals surface area contributed by atoms with Crippen LogP contribution in [0.3, 0.4) is 0 Å². The van der Waals surface area contributed by atoms with Gasteiger partial charge in [-0.2, -0.15) is 0 Å². The van der Waals surface area contributed by atoms with Crippen LogP contribution in [0.15, 0.2) is 0 Å². The summed E-state index contributed by atoms with van der Waals surface area (Å²) in [6, 6.07) is 0. The Morgan fingerprint density at radius 2 is 1.00 bits per heavy atom. The van der Waals surface area contributed by atoms with E-state index in [-0.39, 0.29) is 84.7 Å². The van der Waals surface area contributed by atoms with Crippen LogP contribution in [-0.2, 0) is 0 Å². The molecule has 12 heavy (non-hydrogen) atoms. The Labute approximate surface area is 132 Å². The molecular weight excluding hydrogens is 242 g/mol. The zero-order valence-electron chi connectivity index (χ0n) is 4.09. The first-order chi connectivity index (χ1) is 3.73. The third kappa shape index (κ3) is 334. The van der Waals surface area contributed by atoms with E-state index in [0.717, 1.165) is 0 Å². The number of hydrogen-bond acceptors (Lipinski definition) is 5. The van der Waals surface area contributed by atoms with Crippen molar-refractivity contribution in [2.24, 2.45) is 0 Å². The molecule has 11 heteroatoms. The van der Waals surface area contributed by atoms with Gasteiger partial charge in [0, 0.05) is 0 Å². The number of carbonyl (C=O) groups is 1. The molecule has 0 radical (unpaired) electrons. The Morgan fingerprint density at radius 3 is 1.00 bits per heavy atom. The molecule has 0 atom stereocenters. The predicted molar refractivity (Wildman–Crippen MR) is 50.9 cm³/mol. The summed E-state index contributed by atoms with van der Waals surface area (Å²) in [5.74, 6) is 0. The third-order valence-corrected chi connectivity index (χ3v) is 0. The molecule has 0 fully saturated rings. The zero-order chi connectivity index (χ0) is 8.08. The van der Waals surface area contributed by atoms with Crippen molar-refractivity contribution in [1.82, 2.24) is 0 Å². The Bertz CT molecular complexity index is 85.9. The van der Waals surface area contributed by atoms with Gasteiger partial charge in [0.15, 0.2) is 17.4 Å². The fourth-order valence-electron chi connectivity index (χ4n) is 0. The molecule has 0 amide bonds. The minimum atomic E-state index is -4.61.